The van der Waals surface area contributed by atoms with E-state index in [4.69, 9.17) is 5.73 Å². The molecule has 0 bridgehead atoms. The minimum Gasteiger partial charge on any atom is -0.353 e. The summed E-state index contributed by atoms with van der Waals surface area (Å²) in [6.07, 6.45) is 5.05. The van der Waals surface area contributed by atoms with Gasteiger partial charge < -0.3 is 11.1 Å². The van der Waals surface area contributed by atoms with Gasteiger partial charge in [0.05, 0.1) is 0 Å². The molecule has 0 radical (unpaired) electrons. The number of nitrogens with one attached hydrogen (secondary N) is 1. The van der Waals surface area contributed by atoms with Gasteiger partial charge in [-0.25, -0.2) is 0 Å². The maximum absolute atomic E-state index is 11.2. The lowest BCUT2D eigenvalue weighted by Gasteiger charge is -2.02. The van der Waals surface area contributed by atoms with Crippen LogP contribution >= 0.6 is 0 Å². The van der Waals surface area contributed by atoms with Crippen LogP contribution < -0.4 is 11.1 Å². The molecule has 3 nitrogen and oxygen atoms in total. The Balaban J connectivity index is 2.03. The lowest BCUT2D eigenvalue weighted by Crippen LogP contribution is -2.27. The number of amides is 1. The van der Waals surface area contributed by atoms with Gasteiger partial charge in [-0.3, -0.25) is 4.79 Å². The van der Waals surface area contributed by atoms with Gasteiger partial charge in [0.1, 0.15) is 0 Å². The smallest absolute Gasteiger partial charge is 0.220 e. The second-order valence-corrected chi connectivity index (χ2v) is 3.85. The first kappa shape index (κ1) is 10.5. The first-order valence-electron chi connectivity index (χ1n) is 5.27. The molecule has 3 heteroatoms. The van der Waals surface area contributed by atoms with Crippen LogP contribution in [0.25, 0.3) is 0 Å². The summed E-state index contributed by atoms with van der Waals surface area (Å²) in [5.41, 5.74) is 5.32. The van der Waals surface area contributed by atoms with Gasteiger partial charge in [-0.05, 0) is 31.7 Å². The second-order valence-electron chi connectivity index (χ2n) is 3.85. The van der Waals surface area contributed by atoms with Gasteiger partial charge in [0.2, 0.25) is 5.91 Å². The van der Waals surface area contributed by atoms with Crippen molar-refractivity contribution in [1.29, 1.82) is 0 Å². The minimum atomic E-state index is 0.175. The van der Waals surface area contributed by atoms with Crippen molar-refractivity contribution in [2.45, 2.75) is 45.1 Å². The topological polar surface area (TPSA) is 55.1 Å². The van der Waals surface area contributed by atoms with Crippen LogP contribution in [-0.2, 0) is 4.79 Å². The summed E-state index contributed by atoms with van der Waals surface area (Å²) in [5.74, 6) is 0.931. The molecule has 1 aliphatic carbocycles. The molecule has 0 spiro atoms. The molecule has 0 aromatic heterocycles. The van der Waals surface area contributed by atoms with E-state index in [1.165, 1.54) is 19.3 Å². The highest BCUT2D eigenvalue weighted by atomic mass is 16.1. The van der Waals surface area contributed by atoms with Crippen molar-refractivity contribution in [2.24, 2.45) is 11.7 Å². The Kier molecular flexibility index (Phi) is 4.22. The van der Waals surface area contributed by atoms with Crippen molar-refractivity contribution < 1.29 is 4.79 Å². The molecule has 1 amide bonds. The Morgan fingerprint density at radius 3 is 3.00 bits per heavy atom. The maximum Gasteiger partial charge on any atom is 0.220 e. The number of hydrogen-bond acceptors (Lipinski definition) is 2. The first-order valence-corrected chi connectivity index (χ1v) is 5.27. The fourth-order valence-corrected chi connectivity index (χ4v) is 1.66. The third kappa shape index (κ3) is 3.77. The predicted molar refractivity (Wildman–Crippen MR) is 53.2 cm³/mol. The van der Waals surface area contributed by atoms with E-state index in [1.807, 2.05) is 0 Å². The Hall–Kier alpha value is -0.570. The van der Waals surface area contributed by atoms with Gasteiger partial charge in [-0.2, -0.15) is 0 Å². The zero-order valence-corrected chi connectivity index (χ0v) is 8.38. The normalized spacial score (nSPS) is 25.7. The molecule has 2 unspecified atom stereocenters. The molecular formula is C10H20N2O. The van der Waals surface area contributed by atoms with Crippen LogP contribution in [-0.4, -0.2) is 18.5 Å². The Morgan fingerprint density at radius 2 is 2.38 bits per heavy atom. The third-order valence-corrected chi connectivity index (χ3v) is 2.54. The van der Waals surface area contributed by atoms with E-state index >= 15 is 0 Å². The molecule has 13 heavy (non-hydrogen) atoms. The van der Waals surface area contributed by atoms with E-state index < -0.39 is 0 Å². The molecular weight excluding hydrogens is 164 g/mol. The van der Waals surface area contributed by atoms with Gasteiger partial charge in [-0.15, -0.1) is 0 Å². The van der Waals surface area contributed by atoms with Gasteiger partial charge in [0.15, 0.2) is 0 Å². The highest BCUT2D eigenvalue weighted by Crippen LogP contribution is 2.34. The molecule has 0 saturated heterocycles. The molecule has 0 aromatic rings. The van der Waals surface area contributed by atoms with Gasteiger partial charge in [0.25, 0.3) is 0 Å². The molecule has 3 N–H and O–H groups in total. The van der Waals surface area contributed by atoms with E-state index in [0.717, 1.165) is 12.3 Å². The average molecular weight is 184 g/mol. The van der Waals surface area contributed by atoms with Crippen LogP contribution in [0, 0.1) is 5.92 Å². The second kappa shape index (κ2) is 5.22. The van der Waals surface area contributed by atoms with Crippen molar-refractivity contribution in [3.8, 4) is 0 Å². The lowest BCUT2D eigenvalue weighted by molar-refractivity contribution is -0.121. The number of hydrogen-bond donors (Lipinski definition) is 2. The summed E-state index contributed by atoms with van der Waals surface area (Å²) in [6, 6.07) is 0.477. The van der Waals surface area contributed by atoms with Gasteiger partial charge in [0, 0.05) is 12.5 Å². The molecule has 76 valence electrons. The van der Waals surface area contributed by atoms with Crippen molar-refractivity contribution >= 4 is 5.91 Å². The molecule has 1 fully saturated rings. The molecule has 0 aliphatic heterocycles. The van der Waals surface area contributed by atoms with Crippen LogP contribution in [0.1, 0.15) is 39.0 Å². The van der Waals surface area contributed by atoms with E-state index in [1.54, 1.807) is 0 Å². The number of carbonyl (C=O) groups excluding carboxylic acids is 1. The highest BCUT2D eigenvalue weighted by Gasteiger charge is 2.36. The van der Waals surface area contributed by atoms with Crippen molar-refractivity contribution in [1.82, 2.24) is 5.32 Å². The fraction of sp³-hybridized carbons (Fsp3) is 0.900. The van der Waals surface area contributed by atoms with Crippen LogP contribution in [0.15, 0.2) is 0 Å². The minimum absolute atomic E-state index is 0.175. The summed E-state index contributed by atoms with van der Waals surface area (Å²) in [5, 5.41) is 3.03. The van der Waals surface area contributed by atoms with E-state index in [-0.39, 0.29) is 5.91 Å². The molecule has 1 rings (SSSR count). The quantitative estimate of drug-likeness (QED) is 0.648. The summed E-state index contributed by atoms with van der Waals surface area (Å²) >= 11 is 0. The number of nitrogens with two attached hydrogens (primary N) is 1. The first-order chi connectivity index (χ1) is 6.27. The summed E-state index contributed by atoms with van der Waals surface area (Å²) in [7, 11) is 0. The Morgan fingerprint density at radius 1 is 1.62 bits per heavy atom. The Bertz CT molecular complexity index is 170. The van der Waals surface area contributed by atoms with E-state index in [2.05, 4.69) is 12.2 Å². The largest absolute Gasteiger partial charge is 0.353 e. The Labute approximate surface area is 80.1 Å². The van der Waals surface area contributed by atoms with Gasteiger partial charge in [-0.1, -0.05) is 13.3 Å². The predicted octanol–water partition coefficient (Wildman–Crippen LogP) is 1.03. The van der Waals surface area contributed by atoms with Crippen molar-refractivity contribution in [2.75, 3.05) is 6.54 Å². The zero-order chi connectivity index (χ0) is 9.68. The van der Waals surface area contributed by atoms with Gasteiger partial charge >= 0.3 is 0 Å². The SMILES string of the molecule is CCCC1CC1NC(=O)CCCN. The molecule has 0 aromatic carbocycles. The summed E-state index contributed by atoms with van der Waals surface area (Å²) in [4.78, 5) is 11.2. The fourth-order valence-electron chi connectivity index (χ4n) is 1.66. The number of carbonyl (C=O) groups is 1. The average Bonchev–Trinajstić information content (AvgIpc) is 2.81. The maximum atomic E-state index is 11.2. The molecule has 1 aliphatic rings. The number of rotatable bonds is 6. The van der Waals surface area contributed by atoms with E-state index in [9.17, 15) is 4.79 Å². The summed E-state index contributed by atoms with van der Waals surface area (Å²) in [6.45, 7) is 2.79. The lowest BCUT2D eigenvalue weighted by atomic mass is 10.2. The highest BCUT2D eigenvalue weighted by molar-refractivity contribution is 5.76. The van der Waals surface area contributed by atoms with Crippen LogP contribution in [0.4, 0.5) is 0 Å². The van der Waals surface area contributed by atoms with Crippen molar-refractivity contribution in [3.63, 3.8) is 0 Å². The molecule has 0 heterocycles. The molecule has 1 saturated carbocycles. The third-order valence-electron chi connectivity index (χ3n) is 2.54. The zero-order valence-electron chi connectivity index (χ0n) is 8.38. The van der Waals surface area contributed by atoms with Crippen molar-refractivity contribution in [3.05, 3.63) is 0 Å². The van der Waals surface area contributed by atoms with Crippen LogP contribution in [0.5, 0.6) is 0 Å². The summed E-state index contributed by atoms with van der Waals surface area (Å²) < 4.78 is 0. The van der Waals surface area contributed by atoms with E-state index in [0.29, 0.717) is 19.0 Å². The standard InChI is InChI=1S/C10H20N2O/c1-2-4-8-7-9(8)12-10(13)5-3-6-11/h8-9H,2-7,11H2,1H3,(H,12,13). The molecule has 2 atom stereocenters. The monoisotopic (exact) mass is 184 g/mol. The van der Waals surface area contributed by atoms with Crippen LogP contribution in [0.2, 0.25) is 0 Å². The van der Waals surface area contributed by atoms with Crippen LogP contribution in [0.3, 0.4) is 0 Å².